The zero-order chi connectivity index (χ0) is 11.3. The van der Waals surface area contributed by atoms with Crippen LogP contribution in [0, 0.1) is 5.82 Å². The minimum Gasteiger partial charge on any atom is -0.399 e. The van der Waals surface area contributed by atoms with Gasteiger partial charge < -0.3 is 11.1 Å². The molecule has 0 saturated carbocycles. The van der Waals surface area contributed by atoms with E-state index in [0.29, 0.717) is 12.1 Å². The average Bonchev–Trinajstić information content (AvgIpc) is 2.19. The number of benzene rings is 1. The minimum absolute atomic E-state index is 0.176. The van der Waals surface area contributed by atoms with Crippen LogP contribution in [0.15, 0.2) is 18.2 Å². The zero-order valence-corrected chi connectivity index (χ0v) is 9.23. The molecule has 0 atom stereocenters. The van der Waals surface area contributed by atoms with E-state index >= 15 is 0 Å². The fraction of sp³-hybridized carbons (Fsp3) is 0.300. The van der Waals surface area contributed by atoms with Crippen LogP contribution in [0.25, 0.3) is 0 Å². The van der Waals surface area contributed by atoms with E-state index < -0.39 is 5.82 Å². The molecule has 15 heavy (non-hydrogen) atoms. The summed E-state index contributed by atoms with van der Waals surface area (Å²) >= 11 is 1.57. The molecule has 0 fully saturated rings. The summed E-state index contributed by atoms with van der Waals surface area (Å²) in [5.74, 6) is 0.0307. The molecule has 0 aromatic heterocycles. The van der Waals surface area contributed by atoms with Crippen LogP contribution in [0.5, 0.6) is 0 Å². The average molecular weight is 228 g/mol. The van der Waals surface area contributed by atoms with Crippen molar-refractivity contribution in [3.63, 3.8) is 0 Å². The van der Waals surface area contributed by atoms with Crippen LogP contribution in [0.1, 0.15) is 6.42 Å². The summed E-state index contributed by atoms with van der Waals surface area (Å²) in [6, 6.07) is 4.19. The van der Waals surface area contributed by atoms with Gasteiger partial charge in [0.2, 0.25) is 5.91 Å². The van der Waals surface area contributed by atoms with Gasteiger partial charge in [-0.1, -0.05) is 0 Å². The Morgan fingerprint density at radius 1 is 1.60 bits per heavy atom. The molecule has 0 bridgehead atoms. The third-order valence-corrected chi connectivity index (χ3v) is 2.41. The third kappa shape index (κ3) is 3.79. The number of nitrogens with two attached hydrogens (primary N) is 1. The van der Waals surface area contributed by atoms with Gasteiger partial charge in [0.15, 0.2) is 0 Å². The van der Waals surface area contributed by atoms with Crippen molar-refractivity contribution in [2.45, 2.75) is 6.42 Å². The lowest BCUT2D eigenvalue weighted by molar-refractivity contribution is -0.115. The van der Waals surface area contributed by atoms with E-state index in [1.54, 1.807) is 17.8 Å². The lowest BCUT2D eigenvalue weighted by Gasteiger charge is -2.06. The van der Waals surface area contributed by atoms with Crippen LogP contribution in [0.4, 0.5) is 15.8 Å². The number of carbonyl (C=O) groups excluding carboxylic acids is 1. The number of hydrogen-bond acceptors (Lipinski definition) is 3. The molecule has 3 N–H and O–H groups in total. The predicted molar refractivity (Wildman–Crippen MR) is 62.4 cm³/mol. The molecule has 0 aliphatic carbocycles. The van der Waals surface area contributed by atoms with Gasteiger partial charge in [0.25, 0.3) is 0 Å². The number of rotatable bonds is 4. The molecule has 5 heteroatoms. The molecule has 1 rings (SSSR count). The Morgan fingerprint density at radius 3 is 2.93 bits per heavy atom. The van der Waals surface area contributed by atoms with E-state index in [9.17, 15) is 9.18 Å². The molecule has 1 amide bonds. The second kappa shape index (κ2) is 5.60. The van der Waals surface area contributed by atoms with Gasteiger partial charge in [-0.05, 0) is 24.5 Å². The maximum atomic E-state index is 13.2. The summed E-state index contributed by atoms with van der Waals surface area (Å²) in [6.07, 6.45) is 2.29. The lowest BCUT2D eigenvalue weighted by atomic mass is 10.2. The van der Waals surface area contributed by atoms with Gasteiger partial charge in [0.1, 0.15) is 5.82 Å². The van der Waals surface area contributed by atoms with Crippen molar-refractivity contribution in [1.29, 1.82) is 0 Å². The highest BCUT2D eigenvalue weighted by Crippen LogP contribution is 2.17. The summed E-state index contributed by atoms with van der Waals surface area (Å²) in [6.45, 7) is 0. The summed E-state index contributed by atoms with van der Waals surface area (Å²) in [7, 11) is 0. The highest BCUT2D eigenvalue weighted by molar-refractivity contribution is 7.98. The summed E-state index contributed by atoms with van der Waals surface area (Å²) in [4.78, 5) is 11.3. The fourth-order valence-corrected chi connectivity index (χ4v) is 1.43. The molecule has 0 spiro atoms. The van der Waals surface area contributed by atoms with Crippen LogP contribution in [0.2, 0.25) is 0 Å². The molecule has 3 nitrogen and oxygen atoms in total. The fourth-order valence-electron chi connectivity index (χ4n) is 1.04. The largest absolute Gasteiger partial charge is 0.399 e. The van der Waals surface area contributed by atoms with Crippen molar-refractivity contribution in [3.8, 4) is 0 Å². The molecular formula is C10H13FN2OS. The number of carbonyl (C=O) groups is 1. The highest BCUT2D eigenvalue weighted by atomic mass is 32.2. The standard InChI is InChI=1S/C10H13FN2OS/c1-15-5-4-10(14)13-9-3-2-7(12)6-8(9)11/h2-3,6H,4-5,12H2,1H3,(H,13,14). The molecule has 1 aromatic carbocycles. The van der Waals surface area contributed by atoms with Gasteiger partial charge in [-0.3, -0.25) is 4.79 Å². The normalized spacial score (nSPS) is 10.0. The zero-order valence-electron chi connectivity index (χ0n) is 8.42. The van der Waals surface area contributed by atoms with Gasteiger partial charge >= 0.3 is 0 Å². The molecule has 0 radical (unpaired) electrons. The van der Waals surface area contributed by atoms with E-state index in [4.69, 9.17) is 5.73 Å². The number of nitrogens with one attached hydrogen (secondary N) is 1. The first-order valence-electron chi connectivity index (χ1n) is 4.47. The molecule has 0 aliphatic heterocycles. The topological polar surface area (TPSA) is 55.1 Å². The van der Waals surface area contributed by atoms with Gasteiger partial charge in [-0.2, -0.15) is 11.8 Å². The Labute approximate surface area is 92.2 Å². The van der Waals surface area contributed by atoms with Crippen molar-refractivity contribution < 1.29 is 9.18 Å². The number of amides is 1. The van der Waals surface area contributed by atoms with Crippen molar-refractivity contribution in [2.24, 2.45) is 0 Å². The van der Waals surface area contributed by atoms with Crippen molar-refractivity contribution in [1.82, 2.24) is 0 Å². The molecule has 1 aromatic rings. The molecular weight excluding hydrogens is 215 g/mol. The Bertz CT molecular complexity index is 357. The maximum absolute atomic E-state index is 13.2. The first-order chi connectivity index (χ1) is 7.13. The number of halogens is 1. The SMILES string of the molecule is CSCCC(=O)Nc1ccc(N)cc1F. The van der Waals surface area contributed by atoms with Gasteiger partial charge in [-0.25, -0.2) is 4.39 Å². The first kappa shape index (κ1) is 11.8. The smallest absolute Gasteiger partial charge is 0.225 e. The second-order valence-corrected chi connectivity index (χ2v) is 4.02. The molecule has 0 saturated heterocycles. The van der Waals surface area contributed by atoms with Crippen molar-refractivity contribution in [2.75, 3.05) is 23.1 Å². The monoisotopic (exact) mass is 228 g/mol. The van der Waals surface area contributed by atoms with Crippen LogP contribution in [0.3, 0.4) is 0 Å². The molecule has 0 aliphatic rings. The Kier molecular flexibility index (Phi) is 4.42. The third-order valence-electron chi connectivity index (χ3n) is 1.80. The summed E-state index contributed by atoms with van der Waals surface area (Å²) < 4.78 is 13.2. The predicted octanol–water partition coefficient (Wildman–Crippen LogP) is 2.10. The number of anilines is 2. The van der Waals surface area contributed by atoms with E-state index in [2.05, 4.69) is 5.32 Å². The second-order valence-electron chi connectivity index (χ2n) is 3.03. The molecule has 0 unspecified atom stereocenters. The van der Waals surface area contributed by atoms with Crippen molar-refractivity contribution >= 4 is 29.0 Å². The quantitative estimate of drug-likeness (QED) is 0.776. The van der Waals surface area contributed by atoms with Crippen LogP contribution >= 0.6 is 11.8 Å². The molecule has 0 heterocycles. The Hall–Kier alpha value is -1.23. The minimum atomic E-state index is -0.507. The first-order valence-corrected chi connectivity index (χ1v) is 5.86. The van der Waals surface area contributed by atoms with E-state index in [1.807, 2.05) is 6.26 Å². The van der Waals surface area contributed by atoms with Gasteiger partial charge in [-0.15, -0.1) is 0 Å². The van der Waals surface area contributed by atoms with Gasteiger partial charge in [0.05, 0.1) is 5.69 Å². The van der Waals surface area contributed by atoms with Crippen molar-refractivity contribution in [3.05, 3.63) is 24.0 Å². The summed E-state index contributed by atoms with van der Waals surface area (Å²) in [5.41, 5.74) is 5.90. The maximum Gasteiger partial charge on any atom is 0.225 e. The summed E-state index contributed by atoms with van der Waals surface area (Å²) in [5, 5.41) is 2.49. The Balaban J connectivity index is 2.60. The van der Waals surface area contributed by atoms with E-state index in [-0.39, 0.29) is 11.6 Å². The van der Waals surface area contributed by atoms with Crippen LogP contribution < -0.4 is 11.1 Å². The van der Waals surface area contributed by atoms with E-state index in [1.165, 1.54) is 12.1 Å². The number of nitrogen functional groups attached to an aromatic ring is 1. The lowest BCUT2D eigenvalue weighted by Crippen LogP contribution is -2.13. The number of hydrogen-bond donors (Lipinski definition) is 2. The Morgan fingerprint density at radius 2 is 2.33 bits per heavy atom. The van der Waals surface area contributed by atoms with Gasteiger partial charge in [0, 0.05) is 17.9 Å². The highest BCUT2D eigenvalue weighted by Gasteiger charge is 2.06. The number of thioether (sulfide) groups is 1. The van der Waals surface area contributed by atoms with Crippen LogP contribution in [-0.2, 0) is 4.79 Å². The van der Waals surface area contributed by atoms with Crippen LogP contribution in [-0.4, -0.2) is 17.9 Å². The van der Waals surface area contributed by atoms with E-state index in [0.717, 1.165) is 5.75 Å². The molecule has 82 valence electrons.